The number of aryl methyl sites for hydroxylation is 2. The highest BCUT2D eigenvalue weighted by molar-refractivity contribution is 7.90. The predicted octanol–water partition coefficient (Wildman–Crippen LogP) is 0.617. The number of esters is 6. The summed E-state index contributed by atoms with van der Waals surface area (Å²) in [6.45, 7) is 8.05. The minimum atomic E-state index is -4.65. The summed E-state index contributed by atoms with van der Waals surface area (Å²) in [5.41, 5.74) is 1.42. The van der Waals surface area contributed by atoms with E-state index in [-0.39, 0.29) is 9.79 Å². The molecule has 0 bridgehead atoms. The Hall–Kier alpha value is -5.04. The third-order valence-corrected chi connectivity index (χ3v) is 11.8. The Labute approximate surface area is 352 Å². The Balaban J connectivity index is 1.93. The van der Waals surface area contributed by atoms with Gasteiger partial charge in [-0.15, -0.1) is 0 Å². The molecule has 0 spiro atoms. The van der Waals surface area contributed by atoms with E-state index < -0.39 is 130 Å². The molecule has 2 aliphatic heterocycles. The van der Waals surface area contributed by atoms with Crippen LogP contribution in [0.15, 0.2) is 58.3 Å². The number of hydrogen-bond acceptors (Lipinski definition) is 19. The summed E-state index contributed by atoms with van der Waals surface area (Å²) in [6, 6.07) is 9.19. The average Bonchev–Trinajstić information content (AvgIpc) is 3.14. The van der Waals surface area contributed by atoms with Crippen molar-refractivity contribution < 1.29 is 88.2 Å². The molecule has 21 nitrogen and oxygen atoms in total. The van der Waals surface area contributed by atoms with Crippen LogP contribution in [0.4, 0.5) is 0 Å². The van der Waals surface area contributed by atoms with Gasteiger partial charge >= 0.3 is 35.8 Å². The topological polar surface area (TPSA) is 278 Å². The van der Waals surface area contributed by atoms with Crippen molar-refractivity contribution in [2.75, 3.05) is 13.2 Å². The molecule has 0 radical (unpaired) electrons. The maximum atomic E-state index is 14.1. The maximum absolute atomic E-state index is 14.1. The van der Waals surface area contributed by atoms with Crippen LogP contribution in [-0.2, 0) is 91.4 Å². The van der Waals surface area contributed by atoms with E-state index in [1.54, 1.807) is 13.8 Å². The van der Waals surface area contributed by atoms with E-state index >= 15 is 0 Å². The average molecular weight is 901 g/mol. The van der Waals surface area contributed by atoms with Crippen molar-refractivity contribution in [1.29, 1.82) is 0 Å². The summed E-state index contributed by atoms with van der Waals surface area (Å²) in [5.74, 6) is -5.60. The van der Waals surface area contributed by atoms with Crippen molar-refractivity contribution in [3.05, 3.63) is 59.7 Å². The highest BCUT2D eigenvalue weighted by Gasteiger charge is 2.57. The number of nitrogens with one attached hydrogen (secondary N) is 2. The minimum Gasteiger partial charge on any atom is -0.463 e. The Bertz CT molecular complexity index is 2150. The molecule has 0 aliphatic carbocycles. The Morgan fingerprint density at radius 1 is 0.508 bits per heavy atom. The molecular weight excluding hydrogens is 853 g/mol. The second-order valence-corrected chi connectivity index (χ2v) is 17.5. The van der Waals surface area contributed by atoms with Crippen LogP contribution < -0.4 is 9.44 Å². The molecule has 23 heteroatoms. The lowest BCUT2D eigenvalue weighted by molar-refractivity contribution is -0.339. The summed E-state index contributed by atoms with van der Waals surface area (Å²) < 4.78 is 112. The van der Waals surface area contributed by atoms with Gasteiger partial charge < -0.3 is 42.6 Å². The normalized spacial score (nSPS) is 26.6. The number of carbonyl (C=O) groups excluding carboxylic acids is 6. The molecule has 2 fully saturated rings. The van der Waals surface area contributed by atoms with Crippen LogP contribution in [0.1, 0.15) is 52.7 Å². The van der Waals surface area contributed by atoms with E-state index in [0.717, 1.165) is 47.1 Å². The van der Waals surface area contributed by atoms with Gasteiger partial charge in [-0.25, -0.2) is 21.6 Å². The van der Waals surface area contributed by atoms with Crippen molar-refractivity contribution in [2.24, 2.45) is 0 Å². The highest BCUT2D eigenvalue weighted by atomic mass is 32.2. The van der Waals surface area contributed by atoms with Gasteiger partial charge in [-0.3, -0.25) is 28.8 Å². The van der Waals surface area contributed by atoms with Crippen LogP contribution in [0.5, 0.6) is 0 Å². The fraction of sp³-hybridized carbons (Fsp3) is 0.526. The van der Waals surface area contributed by atoms with Crippen LogP contribution in [0.3, 0.4) is 0 Å². The second kappa shape index (κ2) is 20.7. The number of ether oxygens (including phenoxy) is 9. The number of sulfonamides is 2. The quantitative estimate of drug-likeness (QED) is 0.173. The van der Waals surface area contributed by atoms with Crippen LogP contribution in [0.2, 0.25) is 0 Å². The van der Waals surface area contributed by atoms with Crippen molar-refractivity contribution in [3.8, 4) is 0 Å². The fourth-order valence-electron chi connectivity index (χ4n) is 6.36. The molecule has 10 atom stereocenters. The summed E-state index contributed by atoms with van der Waals surface area (Å²) in [4.78, 5) is 73.9. The van der Waals surface area contributed by atoms with Gasteiger partial charge in [0.2, 0.25) is 20.0 Å². The summed E-state index contributed by atoms with van der Waals surface area (Å²) in [6.07, 6.45) is -16.1. The first-order valence-corrected chi connectivity index (χ1v) is 21.5. The third-order valence-electron chi connectivity index (χ3n) is 8.91. The Kier molecular flexibility index (Phi) is 16.5. The van der Waals surface area contributed by atoms with Gasteiger partial charge in [-0.1, -0.05) is 35.4 Å². The zero-order valence-electron chi connectivity index (χ0n) is 34.4. The van der Waals surface area contributed by atoms with Gasteiger partial charge in [0, 0.05) is 41.5 Å². The highest BCUT2D eigenvalue weighted by Crippen LogP contribution is 2.35. The molecule has 0 saturated carbocycles. The van der Waals surface area contributed by atoms with E-state index in [4.69, 9.17) is 42.6 Å². The van der Waals surface area contributed by atoms with E-state index in [0.29, 0.717) is 5.56 Å². The fourth-order valence-corrected chi connectivity index (χ4v) is 8.74. The molecule has 0 amide bonds. The Morgan fingerprint density at radius 2 is 0.902 bits per heavy atom. The zero-order chi connectivity index (χ0) is 45.4. The molecule has 0 aromatic heterocycles. The molecule has 336 valence electrons. The monoisotopic (exact) mass is 900 g/mol. The number of rotatable bonds is 16. The van der Waals surface area contributed by atoms with Crippen LogP contribution in [-0.4, -0.2) is 127 Å². The van der Waals surface area contributed by atoms with E-state index in [2.05, 4.69) is 9.44 Å². The number of hydrogen-bond donors (Lipinski definition) is 2. The molecule has 4 rings (SSSR count). The van der Waals surface area contributed by atoms with Crippen LogP contribution in [0, 0.1) is 13.8 Å². The molecule has 2 aromatic rings. The predicted molar refractivity (Wildman–Crippen MR) is 204 cm³/mol. The standard InChI is InChI=1S/C38H48N2O19S2/c1-19-9-13-27(14-10-19)60(47,48)39-31-34(54-24(6)44)32(29(17-51-21(3)41)57-37(31)40-61(49,50)28-15-11-20(2)12-16-28)59-38-36(56-26(8)46)35(55-25(7)45)33(53-23(5)43)30(58-38)18-52-22(4)42/h9-16,29-40H,17-18H2,1-8H3/t29-,30-,31-,32-,33-,34-,35+,36-,37-,38-/m1/s1. The van der Waals surface area contributed by atoms with Gasteiger partial charge in [0.05, 0.1) is 9.79 Å². The van der Waals surface area contributed by atoms with Crippen molar-refractivity contribution >= 4 is 55.9 Å². The third kappa shape index (κ3) is 13.5. The van der Waals surface area contributed by atoms with E-state index in [1.165, 1.54) is 48.5 Å². The van der Waals surface area contributed by atoms with Crippen LogP contribution >= 0.6 is 0 Å². The van der Waals surface area contributed by atoms with Gasteiger partial charge in [-0.05, 0) is 38.1 Å². The molecule has 2 aromatic carbocycles. The Morgan fingerprint density at radius 3 is 1.34 bits per heavy atom. The minimum absolute atomic E-state index is 0.265. The first-order valence-electron chi connectivity index (χ1n) is 18.6. The summed E-state index contributed by atoms with van der Waals surface area (Å²) in [7, 11) is -9.22. The smallest absolute Gasteiger partial charge is 0.303 e. The molecular formula is C38H48N2O19S2. The lowest BCUT2D eigenvalue weighted by atomic mass is 9.95. The van der Waals surface area contributed by atoms with Crippen molar-refractivity contribution in [2.45, 2.75) is 126 Å². The van der Waals surface area contributed by atoms with Gasteiger partial charge in [0.25, 0.3) is 0 Å². The number of carbonyl (C=O) groups is 6. The lowest BCUT2D eigenvalue weighted by Crippen LogP contribution is -2.71. The zero-order valence-corrected chi connectivity index (χ0v) is 36.0. The summed E-state index contributed by atoms with van der Waals surface area (Å²) >= 11 is 0. The molecule has 2 aliphatic rings. The lowest BCUT2D eigenvalue weighted by Gasteiger charge is -2.49. The van der Waals surface area contributed by atoms with E-state index in [9.17, 15) is 45.6 Å². The molecule has 61 heavy (non-hydrogen) atoms. The first-order chi connectivity index (χ1) is 28.5. The first kappa shape index (κ1) is 48.6. The molecule has 2 saturated heterocycles. The van der Waals surface area contributed by atoms with Crippen molar-refractivity contribution in [3.63, 3.8) is 0 Å². The molecule has 2 N–H and O–H groups in total. The summed E-state index contributed by atoms with van der Waals surface area (Å²) in [5, 5.41) is 0. The van der Waals surface area contributed by atoms with Crippen molar-refractivity contribution in [1.82, 2.24) is 9.44 Å². The van der Waals surface area contributed by atoms with E-state index in [1.807, 2.05) is 0 Å². The molecule has 0 unspecified atom stereocenters. The second-order valence-electron chi connectivity index (χ2n) is 14.0. The SMILES string of the molecule is CC(=O)OC[C@H]1O[C@H](O[C@H]2[C@H](OC(C)=O)[C@@H](NS(=O)(=O)c3ccc(C)cc3)[C@H](NS(=O)(=O)c3ccc(C)cc3)O[C@@H]2COC(C)=O)[C@H](OC(C)=O)[C@@H](OC(C)=O)[C@@H]1OC(C)=O. The van der Waals surface area contributed by atoms with Gasteiger partial charge in [-0.2, -0.15) is 4.72 Å². The molecule has 2 heterocycles. The maximum Gasteiger partial charge on any atom is 0.303 e. The van der Waals surface area contributed by atoms with Gasteiger partial charge in [0.15, 0.2) is 30.7 Å². The van der Waals surface area contributed by atoms with Crippen LogP contribution in [0.25, 0.3) is 0 Å². The van der Waals surface area contributed by atoms with Gasteiger partial charge in [0.1, 0.15) is 43.8 Å². The largest absolute Gasteiger partial charge is 0.463 e. The number of benzene rings is 2.